The van der Waals surface area contributed by atoms with E-state index in [0.717, 1.165) is 0 Å². The van der Waals surface area contributed by atoms with Crippen molar-refractivity contribution >= 4 is 0 Å². The second-order valence-electron chi connectivity index (χ2n) is 3.44. The summed E-state index contributed by atoms with van der Waals surface area (Å²) >= 11 is 0. The van der Waals surface area contributed by atoms with Gasteiger partial charge >= 0.3 is 6.18 Å². The van der Waals surface area contributed by atoms with Crippen molar-refractivity contribution in [2.24, 2.45) is 0 Å². The molecule has 1 rings (SSSR count). The maximum absolute atomic E-state index is 12.1. The molecule has 1 aromatic heterocycles. The molecule has 0 saturated heterocycles. The molecule has 0 bridgehead atoms. The van der Waals surface area contributed by atoms with E-state index in [1.807, 2.05) is 6.92 Å². The minimum absolute atomic E-state index is 0.00468. The van der Waals surface area contributed by atoms with Crippen molar-refractivity contribution < 1.29 is 13.2 Å². The van der Waals surface area contributed by atoms with E-state index < -0.39 is 12.6 Å². The SMILES string of the molecule is CCNC(CCC(F)(F)F)c1cncnc1. The molecule has 3 nitrogen and oxygen atoms in total. The molecule has 0 saturated carbocycles. The first-order valence-corrected chi connectivity index (χ1v) is 5.08. The van der Waals surface area contributed by atoms with E-state index in [4.69, 9.17) is 0 Å². The van der Waals surface area contributed by atoms with Gasteiger partial charge in [-0.3, -0.25) is 0 Å². The number of rotatable bonds is 5. The van der Waals surface area contributed by atoms with Crippen LogP contribution in [0.3, 0.4) is 0 Å². The number of hydrogen-bond acceptors (Lipinski definition) is 3. The molecule has 1 aromatic rings. The molecule has 0 aliphatic carbocycles. The fourth-order valence-electron chi connectivity index (χ4n) is 1.43. The standard InChI is InChI=1S/C10H14F3N3/c1-2-16-9(3-4-10(11,12)13)8-5-14-7-15-6-8/h5-7,9,16H,2-4H2,1H3. The van der Waals surface area contributed by atoms with Gasteiger partial charge < -0.3 is 5.32 Å². The molecule has 1 atom stereocenters. The van der Waals surface area contributed by atoms with E-state index in [-0.39, 0.29) is 12.5 Å². The Kier molecular flexibility index (Phi) is 4.67. The third-order valence-electron chi connectivity index (χ3n) is 2.15. The van der Waals surface area contributed by atoms with Gasteiger partial charge in [-0.05, 0) is 13.0 Å². The lowest BCUT2D eigenvalue weighted by molar-refractivity contribution is -0.136. The van der Waals surface area contributed by atoms with E-state index in [1.54, 1.807) is 0 Å². The minimum atomic E-state index is -4.12. The highest BCUT2D eigenvalue weighted by Gasteiger charge is 2.28. The third-order valence-corrected chi connectivity index (χ3v) is 2.15. The van der Waals surface area contributed by atoms with Crippen LogP contribution in [0.25, 0.3) is 0 Å². The van der Waals surface area contributed by atoms with Gasteiger partial charge in [-0.15, -0.1) is 0 Å². The third kappa shape index (κ3) is 4.57. The van der Waals surface area contributed by atoms with Crippen LogP contribution in [0.1, 0.15) is 31.4 Å². The lowest BCUT2D eigenvalue weighted by atomic mass is 10.1. The van der Waals surface area contributed by atoms with Crippen molar-refractivity contribution in [3.8, 4) is 0 Å². The number of aromatic nitrogens is 2. The Bertz CT molecular complexity index is 300. The first kappa shape index (κ1) is 12.9. The first-order valence-electron chi connectivity index (χ1n) is 5.08. The van der Waals surface area contributed by atoms with Crippen LogP contribution in [0.2, 0.25) is 0 Å². The molecule has 0 aromatic carbocycles. The van der Waals surface area contributed by atoms with Gasteiger partial charge in [-0.1, -0.05) is 6.92 Å². The lowest BCUT2D eigenvalue weighted by Gasteiger charge is -2.18. The summed E-state index contributed by atoms with van der Waals surface area (Å²) in [4.78, 5) is 7.60. The van der Waals surface area contributed by atoms with Crippen LogP contribution in [0.15, 0.2) is 18.7 Å². The summed E-state index contributed by atoms with van der Waals surface area (Å²) in [5.74, 6) is 0. The van der Waals surface area contributed by atoms with Crippen molar-refractivity contribution in [2.45, 2.75) is 32.0 Å². The van der Waals surface area contributed by atoms with Gasteiger partial charge in [0, 0.05) is 30.4 Å². The number of hydrogen-bond donors (Lipinski definition) is 1. The Labute approximate surface area is 92.1 Å². The summed E-state index contributed by atoms with van der Waals surface area (Å²) in [6, 6.07) is -0.340. The van der Waals surface area contributed by atoms with Crippen LogP contribution in [0.5, 0.6) is 0 Å². The summed E-state index contributed by atoms with van der Waals surface area (Å²) < 4.78 is 36.3. The second-order valence-corrected chi connectivity index (χ2v) is 3.44. The molecule has 1 unspecified atom stereocenters. The van der Waals surface area contributed by atoms with Gasteiger partial charge in [0.15, 0.2) is 0 Å². The fraction of sp³-hybridized carbons (Fsp3) is 0.600. The van der Waals surface area contributed by atoms with Gasteiger partial charge in [0.1, 0.15) is 6.33 Å². The molecular weight excluding hydrogens is 219 g/mol. The average molecular weight is 233 g/mol. The Morgan fingerprint density at radius 3 is 2.44 bits per heavy atom. The van der Waals surface area contributed by atoms with E-state index in [9.17, 15) is 13.2 Å². The Morgan fingerprint density at radius 2 is 1.94 bits per heavy atom. The number of alkyl halides is 3. The molecule has 90 valence electrons. The summed E-state index contributed by atoms with van der Waals surface area (Å²) in [6.45, 7) is 2.46. The Balaban J connectivity index is 2.61. The maximum Gasteiger partial charge on any atom is 0.389 e. The van der Waals surface area contributed by atoms with Crippen molar-refractivity contribution in [1.29, 1.82) is 0 Å². The van der Waals surface area contributed by atoms with Crippen molar-refractivity contribution in [3.63, 3.8) is 0 Å². The largest absolute Gasteiger partial charge is 0.389 e. The van der Waals surface area contributed by atoms with Crippen LogP contribution in [-0.4, -0.2) is 22.7 Å². The molecule has 0 aliphatic rings. The number of nitrogens with one attached hydrogen (secondary N) is 1. The maximum atomic E-state index is 12.1. The summed E-state index contributed by atoms with van der Waals surface area (Å²) in [6.07, 6.45) is -0.489. The van der Waals surface area contributed by atoms with Gasteiger partial charge in [0.2, 0.25) is 0 Å². The molecule has 0 aliphatic heterocycles. The molecule has 1 heterocycles. The summed E-state index contributed by atoms with van der Waals surface area (Å²) in [5, 5.41) is 2.99. The topological polar surface area (TPSA) is 37.8 Å². The van der Waals surface area contributed by atoms with Crippen LogP contribution in [0, 0.1) is 0 Å². The molecule has 6 heteroatoms. The zero-order chi connectivity index (χ0) is 12.0. The first-order chi connectivity index (χ1) is 7.53. The van der Waals surface area contributed by atoms with Gasteiger partial charge in [-0.25, -0.2) is 9.97 Å². The van der Waals surface area contributed by atoms with Crippen LogP contribution >= 0.6 is 0 Å². The fourth-order valence-corrected chi connectivity index (χ4v) is 1.43. The van der Waals surface area contributed by atoms with Gasteiger partial charge in [0.25, 0.3) is 0 Å². The predicted octanol–water partition coefficient (Wildman–Crippen LogP) is 2.47. The van der Waals surface area contributed by atoms with Crippen molar-refractivity contribution in [1.82, 2.24) is 15.3 Å². The van der Waals surface area contributed by atoms with Crippen LogP contribution < -0.4 is 5.32 Å². The minimum Gasteiger partial charge on any atom is -0.310 e. The van der Waals surface area contributed by atoms with Gasteiger partial charge in [-0.2, -0.15) is 13.2 Å². The van der Waals surface area contributed by atoms with E-state index >= 15 is 0 Å². The Morgan fingerprint density at radius 1 is 1.31 bits per heavy atom. The lowest BCUT2D eigenvalue weighted by Crippen LogP contribution is -2.23. The zero-order valence-electron chi connectivity index (χ0n) is 8.96. The molecule has 0 amide bonds. The Hall–Kier alpha value is -1.17. The number of halogens is 3. The summed E-state index contributed by atoms with van der Waals surface area (Å²) in [7, 11) is 0. The molecule has 1 N–H and O–H groups in total. The quantitative estimate of drug-likeness (QED) is 0.849. The van der Waals surface area contributed by atoms with Crippen molar-refractivity contribution in [2.75, 3.05) is 6.54 Å². The second kappa shape index (κ2) is 5.79. The van der Waals surface area contributed by atoms with Gasteiger partial charge in [0.05, 0.1) is 0 Å². The highest BCUT2D eigenvalue weighted by atomic mass is 19.4. The van der Waals surface area contributed by atoms with E-state index in [0.29, 0.717) is 12.1 Å². The smallest absolute Gasteiger partial charge is 0.310 e. The van der Waals surface area contributed by atoms with E-state index in [1.165, 1.54) is 18.7 Å². The average Bonchev–Trinajstić information content (AvgIpc) is 2.24. The normalized spacial score (nSPS) is 13.8. The highest BCUT2D eigenvalue weighted by molar-refractivity contribution is 5.08. The van der Waals surface area contributed by atoms with Crippen LogP contribution in [-0.2, 0) is 0 Å². The molecule has 16 heavy (non-hydrogen) atoms. The molecular formula is C10H14F3N3. The monoisotopic (exact) mass is 233 g/mol. The molecule has 0 fully saturated rings. The highest BCUT2D eigenvalue weighted by Crippen LogP contribution is 2.26. The number of nitrogens with zero attached hydrogens (tertiary/aromatic N) is 2. The zero-order valence-corrected chi connectivity index (χ0v) is 8.96. The van der Waals surface area contributed by atoms with Crippen LogP contribution in [0.4, 0.5) is 13.2 Å². The molecule has 0 spiro atoms. The van der Waals surface area contributed by atoms with E-state index in [2.05, 4.69) is 15.3 Å². The summed E-state index contributed by atoms with van der Waals surface area (Å²) in [5.41, 5.74) is 0.689. The molecule has 0 radical (unpaired) electrons. The predicted molar refractivity (Wildman–Crippen MR) is 53.7 cm³/mol. The van der Waals surface area contributed by atoms with Crippen molar-refractivity contribution in [3.05, 3.63) is 24.3 Å².